The third-order valence-corrected chi connectivity index (χ3v) is 7.26. The van der Waals surface area contributed by atoms with E-state index in [0.717, 1.165) is 11.3 Å². The highest BCUT2D eigenvalue weighted by Gasteiger charge is 2.12. The van der Waals surface area contributed by atoms with Crippen LogP contribution in [0.25, 0.3) is 23.0 Å². The maximum atomic E-state index is 13.8. The summed E-state index contributed by atoms with van der Waals surface area (Å²) in [6, 6.07) is 22.1. The Morgan fingerprint density at radius 2 is 1.73 bits per heavy atom. The molecule has 1 N–H and O–H groups in total. The van der Waals surface area contributed by atoms with Crippen molar-refractivity contribution in [2.75, 3.05) is 5.32 Å². The van der Waals surface area contributed by atoms with Gasteiger partial charge in [0.15, 0.2) is 4.34 Å². The van der Waals surface area contributed by atoms with Crippen LogP contribution < -0.4 is 5.32 Å². The summed E-state index contributed by atoms with van der Waals surface area (Å²) in [7, 11) is 0. The molecule has 0 bridgehead atoms. The molecule has 0 saturated carbocycles. The Bertz CT molecular complexity index is 1550. The molecule has 0 fully saturated rings. The normalized spacial score (nSPS) is 11.2. The fourth-order valence-electron chi connectivity index (χ4n) is 3.44. The number of rotatable bonds is 8. The van der Waals surface area contributed by atoms with Crippen molar-refractivity contribution in [2.45, 2.75) is 10.1 Å². The molecule has 1 amide bonds. The van der Waals surface area contributed by atoms with E-state index in [0.29, 0.717) is 32.0 Å². The van der Waals surface area contributed by atoms with Gasteiger partial charge in [0.2, 0.25) is 11.0 Å². The number of benzene rings is 3. The molecule has 6 nitrogen and oxygen atoms in total. The minimum atomic E-state index is -0.390. The highest BCUT2D eigenvalue weighted by molar-refractivity contribution is 8.00. The van der Waals surface area contributed by atoms with Crippen LogP contribution in [0.5, 0.6) is 0 Å². The molecule has 0 aliphatic carbocycles. The van der Waals surface area contributed by atoms with Crippen molar-refractivity contribution in [3.63, 3.8) is 0 Å². The van der Waals surface area contributed by atoms with Gasteiger partial charge in [0.1, 0.15) is 11.6 Å². The number of carbonyl (C=O) groups excluding carboxylic acids is 1. The van der Waals surface area contributed by atoms with Crippen LogP contribution in [0, 0.1) is 11.6 Å². The predicted molar refractivity (Wildman–Crippen MR) is 142 cm³/mol. The van der Waals surface area contributed by atoms with E-state index in [2.05, 4.69) is 20.6 Å². The van der Waals surface area contributed by atoms with Crippen molar-refractivity contribution in [1.82, 2.24) is 20.0 Å². The summed E-state index contributed by atoms with van der Waals surface area (Å²) in [5, 5.41) is 15.8. The van der Waals surface area contributed by atoms with E-state index in [1.54, 1.807) is 47.3 Å². The first kappa shape index (κ1) is 24.5. The summed E-state index contributed by atoms with van der Waals surface area (Å²) in [4.78, 5) is 12.6. The summed E-state index contributed by atoms with van der Waals surface area (Å²) in [5.74, 6) is -0.591. The topological polar surface area (TPSA) is 72.7 Å². The lowest BCUT2D eigenvalue weighted by Crippen LogP contribution is -2.07. The van der Waals surface area contributed by atoms with Crippen LogP contribution in [0.15, 0.2) is 95.5 Å². The van der Waals surface area contributed by atoms with Crippen LogP contribution in [-0.4, -0.2) is 25.9 Å². The molecule has 10 heteroatoms. The third-order valence-electron chi connectivity index (χ3n) is 5.24. The Morgan fingerprint density at radius 3 is 2.51 bits per heavy atom. The Morgan fingerprint density at radius 1 is 0.973 bits per heavy atom. The van der Waals surface area contributed by atoms with E-state index < -0.39 is 0 Å². The van der Waals surface area contributed by atoms with Crippen molar-refractivity contribution in [3.05, 3.63) is 114 Å². The smallest absolute Gasteiger partial charge is 0.250 e. The van der Waals surface area contributed by atoms with Gasteiger partial charge in [-0.2, -0.15) is 5.10 Å². The third kappa shape index (κ3) is 6.16. The average molecular weight is 532 g/mol. The van der Waals surface area contributed by atoms with E-state index in [-0.39, 0.29) is 17.5 Å². The molecule has 5 aromatic rings. The monoisotopic (exact) mass is 531 g/mol. The quantitative estimate of drug-likeness (QED) is 0.139. The molecule has 0 atom stereocenters. The molecular weight excluding hydrogens is 512 g/mol. The molecule has 3 aromatic carbocycles. The van der Waals surface area contributed by atoms with E-state index in [4.69, 9.17) is 0 Å². The van der Waals surface area contributed by atoms with E-state index >= 15 is 0 Å². The lowest BCUT2D eigenvalue weighted by molar-refractivity contribution is -0.111. The first-order valence-corrected chi connectivity index (χ1v) is 13.0. The summed E-state index contributed by atoms with van der Waals surface area (Å²) < 4.78 is 29.6. The Balaban J connectivity index is 1.30. The van der Waals surface area contributed by atoms with Gasteiger partial charge in [-0.25, -0.2) is 13.5 Å². The fraction of sp³-hybridized carbons (Fsp3) is 0.0370. The second kappa shape index (κ2) is 11.3. The minimum absolute atomic E-state index is 0.270. The summed E-state index contributed by atoms with van der Waals surface area (Å²) >= 11 is 2.56. The highest BCUT2D eigenvalue weighted by atomic mass is 32.2. The zero-order valence-electron chi connectivity index (χ0n) is 19.2. The maximum Gasteiger partial charge on any atom is 0.250 e. The Kier molecular flexibility index (Phi) is 7.48. The largest absolute Gasteiger partial charge is 0.297 e. The van der Waals surface area contributed by atoms with Gasteiger partial charge in [-0.3, -0.25) is 10.1 Å². The van der Waals surface area contributed by atoms with Crippen molar-refractivity contribution in [2.24, 2.45) is 0 Å². The van der Waals surface area contributed by atoms with Gasteiger partial charge in [0, 0.05) is 29.2 Å². The number of hydrogen-bond donors (Lipinski definition) is 1. The molecule has 0 aliphatic rings. The highest BCUT2D eigenvalue weighted by Crippen LogP contribution is 2.29. The molecule has 2 heterocycles. The second-order valence-corrected chi connectivity index (χ2v) is 10.00. The van der Waals surface area contributed by atoms with Crippen molar-refractivity contribution in [1.29, 1.82) is 0 Å². The fourth-order valence-corrected chi connectivity index (χ4v) is 5.18. The maximum absolute atomic E-state index is 13.8. The molecule has 0 radical (unpaired) electrons. The van der Waals surface area contributed by atoms with Gasteiger partial charge in [-0.1, -0.05) is 59.5 Å². The molecule has 184 valence electrons. The van der Waals surface area contributed by atoms with Gasteiger partial charge >= 0.3 is 0 Å². The molecule has 0 spiro atoms. The summed E-state index contributed by atoms with van der Waals surface area (Å²) in [6.45, 7) is 0. The van der Waals surface area contributed by atoms with Crippen LogP contribution in [0.1, 0.15) is 11.1 Å². The Hall–Kier alpha value is -4.15. The number of thioether (sulfide) groups is 1. The predicted octanol–water partition coefficient (Wildman–Crippen LogP) is 6.61. The van der Waals surface area contributed by atoms with Gasteiger partial charge in [0.05, 0.1) is 11.4 Å². The number of amides is 1. The SMILES string of the molecule is O=C(/C=C/c1cn(-c2ccccc2)nc1-c1ccc(F)cc1)Nc1nnc(SCc2ccccc2F)s1. The van der Waals surface area contributed by atoms with Crippen LogP contribution in [0.3, 0.4) is 0 Å². The molecule has 0 saturated heterocycles. The number of hydrogen-bond acceptors (Lipinski definition) is 6. The molecular formula is C27H19F2N5OS2. The van der Waals surface area contributed by atoms with Crippen molar-refractivity contribution < 1.29 is 13.6 Å². The lowest BCUT2D eigenvalue weighted by Gasteiger charge is -2.00. The van der Waals surface area contributed by atoms with Crippen LogP contribution in [0.4, 0.5) is 13.9 Å². The molecule has 0 aliphatic heterocycles. The van der Waals surface area contributed by atoms with E-state index in [1.165, 1.54) is 47.4 Å². The van der Waals surface area contributed by atoms with Crippen molar-refractivity contribution in [3.8, 4) is 16.9 Å². The summed E-state index contributed by atoms with van der Waals surface area (Å²) in [5.41, 5.74) is 3.44. The number of para-hydroxylation sites is 1. The zero-order chi connectivity index (χ0) is 25.6. The number of aromatic nitrogens is 4. The van der Waals surface area contributed by atoms with Gasteiger partial charge < -0.3 is 0 Å². The molecule has 37 heavy (non-hydrogen) atoms. The second-order valence-electron chi connectivity index (χ2n) is 7.80. The first-order valence-electron chi connectivity index (χ1n) is 11.1. The number of anilines is 1. The van der Waals surface area contributed by atoms with Gasteiger partial charge in [-0.05, 0) is 54.1 Å². The number of carbonyl (C=O) groups is 1. The number of nitrogens with zero attached hydrogens (tertiary/aromatic N) is 4. The minimum Gasteiger partial charge on any atom is -0.297 e. The van der Waals surface area contributed by atoms with Crippen LogP contribution in [-0.2, 0) is 10.5 Å². The first-order chi connectivity index (χ1) is 18.0. The standard InChI is InChI=1S/C27H19F2N5OS2/c28-21-13-10-18(11-14-21)25-19(16-34(33-25)22-7-2-1-3-8-22)12-15-24(35)30-26-31-32-27(37-26)36-17-20-6-4-5-9-23(20)29/h1-16H,17H2,(H,30,31,35)/b15-12+. The van der Waals surface area contributed by atoms with E-state index in [1.807, 2.05) is 30.3 Å². The van der Waals surface area contributed by atoms with Crippen LogP contribution >= 0.6 is 23.1 Å². The lowest BCUT2D eigenvalue weighted by atomic mass is 10.1. The molecule has 2 aromatic heterocycles. The average Bonchev–Trinajstić information content (AvgIpc) is 3.55. The molecule has 5 rings (SSSR count). The van der Waals surface area contributed by atoms with Crippen LogP contribution in [0.2, 0.25) is 0 Å². The van der Waals surface area contributed by atoms with Crippen molar-refractivity contribution >= 4 is 40.2 Å². The summed E-state index contributed by atoms with van der Waals surface area (Å²) in [6.07, 6.45) is 4.84. The van der Waals surface area contributed by atoms with Gasteiger partial charge in [0.25, 0.3) is 0 Å². The zero-order valence-corrected chi connectivity index (χ0v) is 20.8. The number of halogens is 2. The number of nitrogens with one attached hydrogen (secondary N) is 1. The van der Waals surface area contributed by atoms with Gasteiger partial charge in [-0.15, -0.1) is 10.2 Å². The molecule has 0 unspecified atom stereocenters. The van der Waals surface area contributed by atoms with E-state index in [9.17, 15) is 13.6 Å². The Labute approximate surface area is 219 Å².